The SMILES string of the molecule is CCC(CC)CC(NC)C(CC)(CC)N1CCCC1. The highest BCUT2D eigenvalue weighted by molar-refractivity contribution is 5.00. The van der Waals surface area contributed by atoms with Crippen LogP contribution in [0.2, 0.25) is 0 Å². The number of hydrogen-bond donors (Lipinski definition) is 1. The zero-order chi connectivity index (χ0) is 14.3. The van der Waals surface area contributed by atoms with Crippen molar-refractivity contribution in [2.24, 2.45) is 5.92 Å². The minimum Gasteiger partial charge on any atom is -0.315 e. The van der Waals surface area contributed by atoms with Gasteiger partial charge in [-0.05, 0) is 58.2 Å². The molecule has 0 aromatic carbocycles. The van der Waals surface area contributed by atoms with Gasteiger partial charge in [0, 0.05) is 11.6 Å². The van der Waals surface area contributed by atoms with Crippen molar-refractivity contribution >= 4 is 0 Å². The topological polar surface area (TPSA) is 15.3 Å². The summed E-state index contributed by atoms with van der Waals surface area (Å²) in [6.45, 7) is 12.1. The van der Waals surface area contributed by atoms with Crippen molar-refractivity contribution in [3.8, 4) is 0 Å². The molecule has 1 fully saturated rings. The van der Waals surface area contributed by atoms with Gasteiger partial charge in [-0.2, -0.15) is 0 Å². The van der Waals surface area contributed by atoms with Crippen LogP contribution in [0, 0.1) is 5.92 Å². The average Bonchev–Trinajstić information content (AvgIpc) is 2.98. The van der Waals surface area contributed by atoms with Crippen molar-refractivity contribution in [3.05, 3.63) is 0 Å². The van der Waals surface area contributed by atoms with E-state index < -0.39 is 0 Å². The number of nitrogens with zero attached hydrogens (tertiary/aromatic N) is 1. The number of likely N-dealkylation sites (N-methyl/N-ethyl adjacent to an activating group) is 1. The van der Waals surface area contributed by atoms with E-state index in [9.17, 15) is 0 Å². The van der Waals surface area contributed by atoms with Gasteiger partial charge in [-0.1, -0.05) is 40.5 Å². The molecule has 1 saturated heterocycles. The standard InChI is InChI=1S/C17H36N2/c1-6-15(7-2)14-16(18-5)17(8-3,9-4)19-12-10-11-13-19/h15-16,18H,6-14H2,1-5H3. The Morgan fingerprint density at radius 1 is 1.00 bits per heavy atom. The summed E-state index contributed by atoms with van der Waals surface area (Å²) in [4.78, 5) is 2.79. The van der Waals surface area contributed by atoms with Crippen LogP contribution in [0.3, 0.4) is 0 Å². The molecule has 1 atom stereocenters. The molecule has 19 heavy (non-hydrogen) atoms. The Balaban J connectivity index is 2.86. The Kier molecular flexibility index (Phi) is 7.38. The van der Waals surface area contributed by atoms with Crippen LogP contribution < -0.4 is 5.32 Å². The van der Waals surface area contributed by atoms with E-state index >= 15 is 0 Å². The van der Waals surface area contributed by atoms with Crippen LogP contribution in [-0.2, 0) is 0 Å². The van der Waals surface area contributed by atoms with Gasteiger partial charge in [-0.3, -0.25) is 4.90 Å². The van der Waals surface area contributed by atoms with Gasteiger partial charge in [-0.15, -0.1) is 0 Å². The van der Waals surface area contributed by atoms with E-state index in [1.54, 1.807) is 0 Å². The molecule has 2 heteroatoms. The fourth-order valence-corrected chi connectivity index (χ4v) is 4.13. The number of rotatable bonds is 9. The van der Waals surface area contributed by atoms with Gasteiger partial charge >= 0.3 is 0 Å². The smallest absolute Gasteiger partial charge is 0.0357 e. The predicted molar refractivity (Wildman–Crippen MR) is 85.7 cm³/mol. The van der Waals surface area contributed by atoms with Crippen molar-refractivity contribution < 1.29 is 0 Å². The quantitative estimate of drug-likeness (QED) is 0.678. The summed E-state index contributed by atoms with van der Waals surface area (Å²) >= 11 is 0. The highest BCUT2D eigenvalue weighted by Gasteiger charge is 2.41. The molecule has 0 aromatic rings. The summed E-state index contributed by atoms with van der Waals surface area (Å²) in [7, 11) is 2.17. The van der Waals surface area contributed by atoms with E-state index in [1.165, 1.54) is 58.0 Å². The first-order valence-corrected chi connectivity index (χ1v) is 8.60. The normalized spacial score (nSPS) is 19.3. The van der Waals surface area contributed by atoms with Gasteiger partial charge in [-0.25, -0.2) is 0 Å². The molecule has 0 aromatic heterocycles. The summed E-state index contributed by atoms with van der Waals surface area (Å²) < 4.78 is 0. The molecular formula is C17H36N2. The summed E-state index contributed by atoms with van der Waals surface area (Å²) in [5.41, 5.74) is 0.383. The third kappa shape index (κ3) is 3.72. The zero-order valence-electron chi connectivity index (χ0n) is 14.0. The lowest BCUT2D eigenvalue weighted by Gasteiger charge is -2.48. The Morgan fingerprint density at radius 3 is 1.89 bits per heavy atom. The molecule has 1 aliphatic heterocycles. The van der Waals surface area contributed by atoms with Crippen LogP contribution >= 0.6 is 0 Å². The van der Waals surface area contributed by atoms with Crippen LogP contribution in [-0.4, -0.2) is 36.6 Å². The first-order chi connectivity index (χ1) is 9.18. The van der Waals surface area contributed by atoms with Crippen LogP contribution in [0.4, 0.5) is 0 Å². The molecule has 1 heterocycles. The molecule has 0 saturated carbocycles. The Morgan fingerprint density at radius 2 is 1.53 bits per heavy atom. The maximum atomic E-state index is 3.68. The minimum atomic E-state index is 0.383. The van der Waals surface area contributed by atoms with E-state index in [2.05, 4.69) is 45.0 Å². The molecule has 1 aliphatic rings. The molecule has 114 valence electrons. The molecule has 1 rings (SSSR count). The van der Waals surface area contributed by atoms with E-state index in [-0.39, 0.29) is 0 Å². The summed E-state index contributed by atoms with van der Waals surface area (Å²) in [5.74, 6) is 0.873. The van der Waals surface area contributed by atoms with Gasteiger partial charge in [0.05, 0.1) is 0 Å². The highest BCUT2D eigenvalue weighted by atomic mass is 15.2. The van der Waals surface area contributed by atoms with Crippen LogP contribution in [0.1, 0.15) is 72.6 Å². The molecule has 2 nitrogen and oxygen atoms in total. The highest BCUT2D eigenvalue weighted by Crippen LogP contribution is 2.34. The van der Waals surface area contributed by atoms with Crippen molar-refractivity contribution in [2.75, 3.05) is 20.1 Å². The molecule has 0 spiro atoms. The Labute approximate surface area is 121 Å². The monoisotopic (exact) mass is 268 g/mol. The molecule has 0 aliphatic carbocycles. The number of nitrogens with one attached hydrogen (secondary N) is 1. The summed E-state index contributed by atoms with van der Waals surface area (Å²) in [5, 5.41) is 3.68. The van der Waals surface area contributed by atoms with Gasteiger partial charge in [0.2, 0.25) is 0 Å². The van der Waals surface area contributed by atoms with Crippen LogP contribution in [0.25, 0.3) is 0 Å². The number of likely N-dealkylation sites (tertiary alicyclic amines) is 1. The van der Waals surface area contributed by atoms with Crippen molar-refractivity contribution in [1.29, 1.82) is 0 Å². The molecule has 1 N–H and O–H groups in total. The van der Waals surface area contributed by atoms with Gasteiger partial charge in [0.25, 0.3) is 0 Å². The van der Waals surface area contributed by atoms with Gasteiger partial charge < -0.3 is 5.32 Å². The van der Waals surface area contributed by atoms with Crippen LogP contribution in [0.5, 0.6) is 0 Å². The largest absolute Gasteiger partial charge is 0.315 e. The molecule has 0 amide bonds. The van der Waals surface area contributed by atoms with Crippen LogP contribution in [0.15, 0.2) is 0 Å². The Bertz CT molecular complexity index is 225. The molecule has 1 unspecified atom stereocenters. The molecular weight excluding hydrogens is 232 g/mol. The summed E-state index contributed by atoms with van der Waals surface area (Å²) in [6.07, 6.45) is 9.30. The van der Waals surface area contributed by atoms with Crippen molar-refractivity contribution in [1.82, 2.24) is 10.2 Å². The maximum Gasteiger partial charge on any atom is 0.0357 e. The fraction of sp³-hybridized carbons (Fsp3) is 1.00. The maximum absolute atomic E-state index is 3.68. The van der Waals surface area contributed by atoms with Crippen molar-refractivity contribution in [3.63, 3.8) is 0 Å². The number of hydrogen-bond acceptors (Lipinski definition) is 2. The lowest BCUT2D eigenvalue weighted by Crippen LogP contribution is -2.59. The van der Waals surface area contributed by atoms with E-state index in [4.69, 9.17) is 0 Å². The summed E-state index contributed by atoms with van der Waals surface area (Å²) in [6, 6.07) is 0.644. The third-order valence-electron chi connectivity index (χ3n) is 5.68. The lowest BCUT2D eigenvalue weighted by molar-refractivity contribution is 0.0542. The first kappa shape index (κ1) is 17.0. The van der Waals surface area contributed by atoms with E-state index in [0.29, 0.717) is 11.6 Å². The Hall–Kier alpha value is -0.0800. The molecule has 0 radical (unpaired) electrons. The lowest BCUT2D eigenvalue weighted by atomic mass is 9.77. The first-order valence-electron chi connectivity index (χ1n) is 8.60. The molecule has 0 bridgehead atoms. The average molecular weight is 268 g/mol. The predicted octanol–water partition coefficient (Wildman–Crippen LogP) is 4.06. The fourth-order valence-electron chi connectivity index (χ4n) is 4.13. The second-order valence-electron chi connectivity index (χ2n) is 6.26. The second kappa shape index (κ2) is 8.26. The van der Waals surface area contributed by atoms with Crippen molar-refractivity contribution in [2.45, 2.75) is 84.2 Å². The second-order valence-corrected chi connectivity index (χ2v) is 6.26. The van der Waals surface area contributed by atoms with Gasteiger partial charge in [0.1, 0.15) is 0 Å². The van der Waals surface area contributed by atoms with E-state index in [1.807, 2.05) is 0 Å². The minimum absolute atomic E-state index is 0.383. The van der Waals surface area contributed by atoms with E-state index in [0.717, 1.165) is 5.92 Å². The van der Waals surface area contributed by atoms with Gasteiger partial charge in [0.15, 0.2) is 0 Å². The zero-order valence-corrected chi connectivity index (χ0v) is 14.0. The third-order valence-corrected chi connectivity index (χ3v) is 5.68.